The topological polar surface area (TPSA) is 66.4 Å². The van der Waals surface area contributed by atoms with Crippen LogP contribution in [0.25, 0.3) is 0 Å². The maximum atomic E-state index is 9.88. The van der Waals surface area contributed by atoms with Gasteiger partial charge in [0.1, 0.15) is 6.29 Å². The van der Waals surface area contributed by atoms with Crippen LogP contribution in [0.5, 0.6) is 0 Å². The Kier molecular flexibility index (Phi) is 3.69. The van der Waals surface area contributed by atoms with E-state index in [2.05, 4.69) is 5.09 Å². The molecular formula is C3H8NO3P. The predicted octanol–water partition coefficient (Wildman–Crippen LogP) is -0.455. The SMILES string of the molecule is CC(C=O)N[PH](=O)O. The van der Waals surface area contributed by atoms with Crippen LogP contribution >= 0.6 is 8.18 Å². The molecule has 0 aliphatic rings. The van der Waals surface area contributed by atoms with Gasteiger partial charge in [-0.3, -0.25) is 4.57 Å². The van der Waals surface area contributed by atoms with E-state index >= 15 is 0 Å². The summed E-state index contributed by atoms with van der Waals surface area (Å²) >= 11 is 0. The number of carbonyl (C=O) groups excluding carboxylic acids is 1. The minimum Gasteiger partial charge on any atom is -0.335 e. The Hall–Kier alpha value is -0.180. The van der Waals surface area contributed by atoms with Crippen LogP contribution in [0.4, 0.5) is 0 Å². The van der Waals surface area contributed by atoms with Crippen LogP contribution in [0, 0.1) is 0 Å². The minimum absolute atomic E-state index is 0.522. The molecule has 2 atom stereocenters. The first kappa shape index (κ1) is 7.82. The van der Waals surface area contributed by atoms with Gasteiger partial charge in [0.15, 0.2) is 0 Å². The third-order valence-corrected chi connectivity index (χ3v) is 1.26. The van der Waals surface area contributed by atoms with Gasteiger partial charge >= 0.3 is 0 Å². The van der Waals surface area contributed by atoms with Gasteiger partial charge in [-0.25, -0.2) is 5.09 Å². The smallest absolute Gasteiger partial charge is 0.256 e. The third-order valence-electron chi connectivity index (χ3n) is 0.555. The predicted molar refractivity (Wildman–Crippen MR) is 29.9 cm³/mol. The van der Waals surface area contributed by atoms with Gasteiger partial charge in [0.05, 0.1) is 6.04 Å². The van der Waals surface area contributed by atoms with Crippen LogP contribution in [-0.4, -0.2) is 17.2 Å². The fourth-order valence-electron chi connectivity index (χ4n) is 0.229. The highest BCUT2D eigenvalue weighted by molar-refractivity contribution is 7.35. The van der Waals surface area contributed by atoms with Crippen molar-refractivity contribution >= 4 is 14.5 Å². The summed E-state index contributed by atoms with van der Waals surface area (Å²) in [4.78, 5) is 17.9. The zero-order valence-corrected chi connectivity index (χ0v) is 5.42. The molecule has 0 saturated carbocycles. The van der Waals surface area contributed by atoms with E-state index in [1.807, 2.05) is 0 Å². The van der Waals surface area contributed by atoms with Crippen LogP contribution < -0.4 is 5.09 Å². The van der Waals surface area contributed by atoms with Crippen molar-refractivity contribution in [3.05, 3.63) is 0 Å². The van der Waals surface area contributed by atoms with Crippen molar-refractivity contribution in [2.24, 2.45) is 0 Å². The fourth-order valence-corrected chi connectivity index (χ4v) is 0.686. The maximum Gasteiger partial charge on any atom is 0.256 e. The molecule has 0 saturated heterocycles. The van der Waals surface area contributed by atoms with Crippen molar-refractivity contribution < 1.29 is 14.3 Å². The summed E-state index contributed by atoms with van der Waals surface area (Å²) in [6.45, 7) is 1.51. The molecule has 5 heteroatoms. The second kappa shape index (κ2) is 3.78. The quantitative estimate of drug-likeness (QED) is 0.408. The van der Waals surface area contributed by atoms with E-state index in [4.69, 9.17) is 4.89 Å². The summed E-state index contributed by atoms with van der Waals surface area (Å²) in [5.74, 6) is 0. The summed E-state index contributed by atoms with van der Waals surface area (Å²) in [5.41, 5.74) is 0. The summed E-state index contributed by atoms with van der Waals surface area (Å²) in [6.07, 6.45) is 0.568. The molecule has 0 aromatic rings. The Labute approximate surface area is 47.8 Å². The van der Waals surface area contributed by atoms with Gasteiger partial charge in [0.25, 0.3) is 8.18 Å². The fraction of sp³-hybridized carbons (Fsp3) is 0.667. The molecule has 8 heavy (non-hydrogen) atoms. The lowest BCUT2D eigenvalue weighted by Gasteiger charge is -1.99. The Morgan fingerprint density at radius 2 is 2.38 bits per heavy atom. The zero-order chi connectivity index (χ0) is 6.57. The summed E-state index contributed by atoms with van der Waals surface area (Å²) in [7, 11) is -2.68. The van der Waals surface area contributed by atoms with Crippen molar-refractivity contribution in [2.75, 3.05) is 0 Å². The number of hydrogen-bond acceptors (Lipinski definition) is 2. The van der Waals surface area contributed by atoms with E-state index in [1.165, 1.54) is 6.92 Å². The number of hydrogen-bond donors (Lipinski definition) is 2. The molecule has 0 heterocycles. The van der Waals surface area contributed by atoms with Gasteiger partial charge < -0.3 is 9.69 Å². The molecule has 0 bridgehead atoms. The number of aldehydes is 1. The molecule has 0 fully saturated rings. The highest BCUT2D eigenvalue weighted by Crippen LogP contribution is 2.04. The number of carbonyl (C=O) groups is 1. The van der Waals surface area contributed by atoms with E-state index in [-0.39, 0.29) is 0 Å². The number of rotatable bonds is 3. The van der Waals surface area contributed by atoms with Crippen LogP contribution in [0.1, 0.15) is 6.92 Å². The molecular weight excluding hydrogens is 129 g/mol. The van der Waals surface area contributed by atoms with Gasteiger partial charge in [-0.1, -0.05) is 0 Å². The molecule has 0 spiro atoms. The molecule has 0 aromatic heterocycles. The lowest BCUT2D eigenvalue weighted by atomic mass is 10.4. The van der Waals surface area contributed by atoms with Crippen molar-refractivity contribution in [2.45, 2.75) is 13.0 Å². The monoisotopic (exact) mass is 137 g/mol. The maximum absolute atomic E-state index is 9.88. The standard InChI is InChI=1S/C3H8NO3P/c1-3(2-5)4-8(6)7/h2-3,8H,1H3,(H2,4,6,7). The summed E-state index contributed by atoms with van der Waals surface area (Å²) in [6, 6.07) is -0.522. The number of nitrogens with one attached hydrogen (secondary N) is 1. The second-order valence-corrected chi connectivity index (χ2v) is 2.27. The lowest BCUT2D eigenvalue weighted by molar-refractivity contribution is -0.108. The van der Waals surface area contributed by atoms with Crippen molar-refractivity contribution in [1.29, 1.82) is 0 Å². The van der Waals surface area contributed by atoms with Gasteiger partial charge in [-0.05, 0) is 6.92 Å². The van der Waals surface area contributed by atoms with E-state index in [0.717, 1.165) is 0 Å². The third kappa shape index (κ3) is 3.99. The van der Waals surface area contributed by atoms with Crippen LogP contribution in [-0.2, 0) is 9.36 Å². The summed E-state index contributed by atoms with van der Waals surface area (Å²) in [5, 5.41) is 2.13. The Bertz CT molecular complexity index is 105. The Balaban J connectivity index is 3.38. The van der Waals surface area contributed by atoms with Crippen LogP contribution in [0.15, 0.2) is 0 Å². The van der Waals surface area contributed by atoms with Crippen molar-refractivity contribution in [1.82, 2.24) is 5.09 Å². The van der Waals surface area contributed by atoms with Crippen molar-refractivity contribution in [3.8, 4) is 0 Å². The van der Waals surface area contributed by atoms with Crippen LogP contribution in [0.2, 0.25) is 0 Å². The molecule has 0 aliphatic heterocycles. The van der Waals surface area contributed by atoms with Gasteiger partial charge in [0, 0.05) is 0 Å². The first-order chi connectivity index (χ1) is 3.66. The van der Waals surface area contributed by atoms with E-state index in [1.54, 1.807) is 0 Å². The normalized spacial score (nSPS) is 17.2. The molecule has 0 aromatic carbocycles. The average Bonchev–Trinajstić information content (AvgIpc) is 1.65. The first-order valence-electron chi connectivity index (χ1n) is 2.11. The molecule has 0 aliphatic carbocycles. The van der Waals surface area contributed by atoms with Gasteiger partial charge in [-0.15, -0.1) is 0 Å². The average molecular weight is 137 g/mol. The van der Waals surface area contributed by atoms with E-state index in [0.29, 0.717) is 6.29 Å². The molecule has 0 radical (unpaired) electrons. The van der Waals surface area contributed by atoms with Crippen molar-refractivity contribution in [3.63, 3.8) is 0 Å². The lowest BCUT2D eigenvalue weighted by Crippen LogP contribution is -2.19. The van der Waals surface area contributed by atoms with Gasteiger partial charge in [-0.2, -0.15) is 0 Å². The minimum atomic E-state index is -2.68. The van der Waals surface area contributed by atoms with E-state index in [9.17, 15) is 9.36 Å². The summed E-state index contributed by atoms with van der Waals surface area (Å²) < 4.78 is 9.88. The van der Waals surface area contributed by atoms with Crippen LogP contribution in [0.3, 0.4) is 0 Å². The highest BCUT2D eigenvalue weighted by Gasteiger charge is 1.98. The zero-order valence-electron chi connectivity index (χ0n) is 4.42. The van der Waals surface area contributed by atoms with Gasteiger partial charge in [0.2, 0.25) is 0 Å². The van der Waals surface area contributed by atoms with E-state index < -0.39 is 14.2 Å². The largest absolute Gasteiger partial charge is 0.335 e. The Morgan fingerprint density at radius 3 is 2.50 bits per heavy atom. The second-order valence-electron chi connectivity index (χ2n) is 1.37. The molecule has 48 valence electrons. The highest BCUT2D eigenvalue weighted by atomic mass is 31.1. The molecule has 4 nitrogen and oxygen atoms in total. The molecule has 2 unspecified atom stereocenters. The molecule has 0 rings (SSSR count). The Morgan fingerprint density at radius 1 is 1.88 bits per heavy atom. The molecule has 2 N–H and O–H groups in total. The first-order valence-corrected chi connectivity index (χ1v) is 3.47. The molecule has 0 amide bonds.